The minimum atomic E-state index is -1.34. The Morgan fingerprint density at radius 3 is 2.48 bits per heavy atom. The zero-order chi connectivity index (χ0) is 18.3. The largest absolute Gasteiger partial charge is 0.480 e. The third kappa shape index (κ3) is 7.98. The Labute approximate surface area is 174 Å². The highest BCUT2D eigenvalue weighted by Crippen LogP contribution is 2.30. The second kappa shape index (κ2) is 12.6. The van der Waals surface area contributed by atoms with Crippen LogP contribution in [0.5, 0.6) is 0 Å². The summed E-state index contributed by atoms with van der Waals surface area (Å²) in [5, 5.41) is 27.4. The molecule has 0 bridgehead atoms. The Balaban J connectivity index is 0.00000338. The number of carbonyl (C=O) groups is 1. The van der Waals surface area contributed by atoms with Crippen LogP contribution in [-0.4, -0.2) is 58.3 Å². The van der Waals surface area contributed by atoms with Crippen LogP contribution in [-0.2, 0) is 11.2 Å². The second-order valence-electron chi connectivity index (χ2n) is 7.09. The molecule has 6 nitrogen and oxygen atoms in total. The predicted molar refractivity (Wildman–Crippen MR) is 113 cm³/mol. The molecule has 1 aromatic carbocycles. The lowest BCUT2D eigenvalue weighted by Gasteiger charge is -2.31. The van der Waals surface area contributed by atoms with E-state index < -0.39 is 18.6 Å². The average Bonchev–Trinajstić information content (AvgIpc) is 3.07. The monoisotopic (exact) mass is 420 g/mol. The maximum absolute atomic E-state index is 11.8. The molecule has 154 valence electrons. The lowest BCUT2D eigenvalue weighted by atomic mass is 9.77. The Morgan fingerprint density at radius 2 is 1.89 bits per heavy atom. The third-order valence-electron chi connectivity index (χ3n) is 5.26. The predicted octanol–water partition coefficient (Wildman–Crippen LogP) is 1.82. The molecule has 1 aliphatic heterocycles. The summed E-state index contributed by atoms with van der Waals surface area (Å²) in [6.45, 7) is 2.49. The van der Waals surface area contributed by atoms with E-state index in [4.69, 9.17) is 15.8 Å². The first kappa shape index (κ1) is 26.2. The number of benzene rings is 1. The molecule has 2 atom stereocenters. The van der Waals surface area contributed by atoms with Gasteiger partial charge < -0.3 is 25.8 Å². The summed E-state index contributed by atoms with van der Waals surface area (Å²) in [5.74, 6) is -1.02. The minimum absolute atomic E-state index is 0. The minimum Gasteiger partial charge on any atom is -0.480 e. The number of hydrogen-bond donors (Lipinski definition) is 4. The molecule has 1 aromatic rings. The van der Waals surface area contributed by atoms with Crippen LogP contribution in [0.15, 0.2) is 30.3 Å². The number of nitrogens with zero attached hydrogens (tertiary/aromatic N) is 1. The summed E-state index contributed by atoms with van der Waals surface area (Å²) >= 11 is 0. The van der Waals surface area contributed by atoms with E-state index in [9.17, 15) is 9.90 Å². The fourth-order valence-corrected chi connectivity index (χ4v) is 3.62. The molecule has 5 N–H and O–H groups in total. The van der Waals surface area contributed by atoms with E-state index in [2.05, 4.69) is 17.0 Å². The van der Waals surface area contributed by atoms with Crippen LogP contribution in [0.2, 0.25) is 6.32 Å². The van der Waals surface area contributed by atoms with E-state index in [1.165, 1.54) is 5.56 Å². The first-order valence-corrected chi connectivity index (χ1v) is 9.06. The molecule has 0 spiro atoms. The molecule has 0 radical (unpaired) electrons. The van der Waals surface area contributed by atoms with Gasteiger partial charge in [0.05, 0.1) is 0 Å². The van der Waals surface area contributed by atoms with E-state index in [1.807, 2.05) is 18.2 Å². The summed E-state index contributed by atoms with van der Waals surface area (Å²) in [7, 11) is -1.34. The van der Waals surface area contributed by atoms with Crippen molar-refractivity contribution >= 4 is 37.9 Å². The number of aliphatic carboxylic acids is 1. The van der Waals surface area contributed by atoms with Gasteiger partial charge in [-0.3, -0.25) is 4.79 Å². The average molecular weight is 421 g/mol. The van der Waals surface area contributed by atoms with E-state index in [1.54, 1.807) is 0 Å². The number of hydrogen-bond acceptors (Lipinski definition) is 5. The third-order valence-corrected chi connectivity index (χ3v) is 5.26. The van der Waals surface area contributed by atoms with Crippen molar-refractivity contribution < 1.29 is 19.9 Å². The van der Waals surface area contributed by atoms with Crippen LogP contribution in [0.25, 0.3) is 0 Å². The summed E-state index contributed by atoms with van der Waals surface area (Å²) in [6.07, 6.45) is 3.51. The molecule has 1 aliphatic rings. The van der Waals surface area contributed by atoms with E-state index in [0.717, 1.165) is 25.9 Å². The molecule has 9 heteroatoms. The van der Waals surface area contributed by atoms with Crippen molar-refractivity contribution in [1.82, 2.24) is 4.90 Å². The van der Waals surface area contributed by atoms with Gasteiger partial charge in [0.25, 0.3) is 0 Å². The van der Waals surface area contributed by atoms with Crippen LogP contribution >= 0.6 is 24.8 Å². The number of rotatable bonds is 10. The van der Waals surface area contributed by atoms with E-state index in [-0.39, 0.29) is 37.1 Å². The van der Waals surface area contributed by atoms with Crippen molar-refractivity contribution in [2.45, 2.75) is 44.0 Å². The highest BCUT2D eigenvalue weighted by Gasteiger charge is 2.44. The molecule has 27 heavy (non-hydrogen) atoms. The summed E-state index contributed by atoms with van der Waals surface area (Å²) in [4.78, 5) is 14.1. The van der Waals surface area contributed by atoms with Crippen LogP contribution in [0.3, 0.4) is 0 Å². The number of unbranched alkanes of at least 4 members (excludes halogenated alkanes) is 1. The number of carboxylic acid groups (broad SMARTS) is 1. The fraction of sp³-hybridized carbons (Fsp3) is 0.611. The SMILES string of the molecule is Cl.Cl.NC(CCCCB(O)O)(C(=O)O)[C@@H]1CCN(CCc2ccccc2)C1. The first-order valence-electron chi connectivity index (χ1n) is 9.06. The molecular formula is C18H31BCl2N2O4. The van der Waals surface area contributed by atoms with E-state index >= 15 is 0 Å². The van der Waals surface area contributed by atoms with Gasteiger partial charge in [0, 0.05) is 19.0 Å². The summed E-state index contributed by atoms with van der Waals surface area (Å²) in [5.41, 5.74) is 6.33. The second-order valence-corrected chi connectivity index (χ2v) is 7.09. The standard InChI is InChI=1S/C18H29BN2O4.2ClH/c20-18(17(22)23,10-4-5-11-19(24)25)16-9-13-21(14-16)12-8-15-6-2-1-3-7-15;;/h1-3,6-7,16,24-25H,4-5,8-14,20H2,(H,22,23);2*1H/t16-,18?;;/m1../s1. The van der Waals surface area contributed by atoms with Gasteiger partial charge in [-0.15, -0.1) is 24.8 Å². The molecule has 2 rings (SSSR count). The van der Waals surface area contributed by atoms with Crippen molar-refractivity contribution in [1.29, 1.82) is 0 Å². The molecule has 0 aliphatic carbocycles. The molecule has 0 saturated carbocycles. The molecule has 1 saturated heterocycles. The molecule has 1 fully saturated rings. The van der Waals surface area contributed by atoms with Gasteiger partial charge in [0.15, 0.2) is 0 Å². The van der Waals surface area contributed by atoms with Gasteiger partial charge in [0.2, 0.25) is 0 Å². The number of carboxylic acids is 1. The van der Waals surface area contributed by atoms with Crippen molar-refractivity contribution in [3.8, 4) is 0 Å². The molecule has 1 heterocycles. The Bertz CT molecular complexity index is 553. The Morgan fingerprint density at radius 1 is 1.22 bits per heavy atom. The van der Waals surface area contributed by atoms with Crippen molar-refractivity contribution in [3.63, 3.8) is 0 Å². The van der Waals surface area contributed by atoms with Gasteiger partial charge in [-0.2, -0.15) is 0 Å². The van der Waals surface area contributed by atoms with Gasteiger partial charge in [-0.1, -0.05) is 43.2 Å². The summed E-state index contributed by atoms with van der Waals surface area (Å²) in [6, 6.07) is 10.3. The van der Waals surface area contributed by atoms with Gasteiger partial charge in [-0.25, -0.2) is 0 Å². The maximum atomic E-state index is 11.8. The first-order chi connectivity index (χ1) is 11.9. The molecule has 0 amide bonds. The number of nitrogens with two attached hydrogens (primary N) is 1. The molecular weight excluding hydrogens is 390 g/mol. The summed E-state index contributed by atoms with van der Waals surface area (Å²) < 4.78 is 0. The fourth-order valence-electron chi connectivity index (χ4n) is 3.62. The molecule has 0 aromatic heterocycles. The Kier molecular flexibility index (Phi) is 12.2. The topological polar surface area (TPSA) is 107 Å². The zero-order valence-electron chi connectivity index (χ0n) is 15.5. The highest BCUT2D eigenvalue weighted by atomic mass is 35.5. The van der Waals surface area contributed by atoms with Crippen LogP contribution in [0.1, 0.15) is 31.2 Å². The lowest BCUT2D eigenvalue weighted by Crippen LogP contribution is -2.55. The lowest BCUT2D eigenvalue weighted by molar-refractivity contribution is -0.145. The van der Waals surface area contributed by atoms with Crippen LogP contribution in [0.4, 0.5) is 0 Å². The van der Waals surface area contributed by atoms with E-state index in [0.29, 0.717) is 25.8 Å². The van der Waals surface area contributed by atoms with Gasteiger partial charge in [-0.05, 0) is 37.7 Å². The highest BCUT2D eigenvalue weighted by molar-refractivity contribution is 6.40. The molecule has 1 unspecified atom stereocenters. The van der Waals surface area contributed by atoms with Gasteiger partial charge in [0.1, 0.15) is 5.54 Å². The normalized spacial score (nSPS) is 18.9. The smallest absolute Gasteiger partial charge is 0.451 e. The van der Waals surface area contributed by atoms with Crippen molar-refractivity contribution in [3.05, 3.63) is 35.9 Å². The van der Waals surface area contributed by atoms with Gasteiger partial charge >= 0.3 is 13.1 Å². The zero-order valence-corrected chi connectivity index (χ0v) is 17.1. The Hall–Kier alpha value is -0.825. The van der Waals surface area contributed by atoms with Crippen LogP contribution < -0.4 is 5.73 Å². The maximum Gasteiger partial charge on any atom is 0.451 e. The van der Waals surface area contributed by atoms with Crippen molar-refractivity contribution in [2.24, 2.45) is 11.7 Å². The number of likely N-dealkylation sites (tertiary alicyclic amines) is 1. The van der Waals surface area contributed by atoms with Crippen LogP contribution in [0, 0.1) is 5.92 Å². The quantitative estimate of drug-likeness (QED) is 0.339. The number of halogens is 2. The van der Waals surface area contributed by atoms with Crippen molar-refractivity contribution in [2.75, 3.05) is 19.6 Å².